The Kier molecular flexibility index (Phi) is 8.12. The van der Waals surface area contributed by atoms with Gasteiger partial charge in [-0.2, -0.15) is 0 Å². The van der Waals surface area contributed by atoms with Crippen LogP contribution in [0.2, 0.25) is 0 Å². The van der Waals surface area contributed by atoms with E-state index in [1.165, 1.54) is 26.4 Å². The topological polar surface area (TPSA) is 40.4 Å². The molecule has 3 nitrogen and oxygen atoms in total. The Hall–Kier alpha value is -0.570. The number of carbonyl (C=O) groups excluding carboxylic acids is 1. The van der Waals surface area contributed by atoms with E-state index >= 15 is 0 Å². The second-order valence-corrected chi connectivity index (χ2v) is 2.74. The van der Waals surface area contributed by atoms with Gasteiger partial charge in [-0.1, -0.05) is 26.2 Å². The molecule has 0 heterocycles. The first-order valence-corrected chi connectivity index (χ1v) is 4.51. The molecule has 0 aliphatic heterocycles. The summed E-state index contributed by atoms with van der Waals surface area (Å²) in [4.78, 5) is 10.6. The van der Waals surface area contributed by atoms with Crippen molar-refractivity contribution in [2.24, 2.45) is 0 Å². The fourth-order valence-corrected chi connectivity index (χ4v) is 0.885. The van der Waals surface area contributed by atoms with E-state index in [4.69, 9.17) is 0 Å². The van der Waals surface area contributed by atoms with Crippen molar-refractivity contribution >= 4 is 5.97 Å². The van der Waals surface area contributed by atoms with Gasteiger partial charge in [0.15, 0.2) is 0 Å². The highest BCUT2D eigenvalue weighted by Gasteiger charge is 1.98. The highest BCUT2D eigenvalue weighted by molar-refractivity contribution is 5.71. The van der Waals surface area contributed by atoms with Gasteiger partial charge in [0.25, 0.3) is 0 Å². The van der Waals surface area contributed by atoms with Crippen LogP contribution < -0.4 is 5.32 Å². The molecule has 0 aromatic heterocycles. The number of methoxy groups -OCH3 is 1. The van der Waals surface area contributed by atoms with Crippen molar-refractivity contribution in [3.8, 4) is 0 Å². The molecule has 0 rings (SSSR count). The van der Waals surface area contributed by atoms with E-state index in [-0.39, 0.29) is 12.5 Å². The lowest BCUT2D eigenvalue weighted by molar-refractivity contribution is -0.139. The van der Waals surface area contributed by atoms with Crippen LogP contribution in [0.4, 0.5) is 0 Å². The third kappa shape index (κ3) is 7.54. The minimum absolute atomic E-state index is 0.211. The number of carbonyl (C=O) groups is 1. The quantitative estimate of drug-likeness (QED) is 0.429. The lowest BCUT2D eigenvalue weighted by atomic mass is 10.2. The van der Waals surface area contributed by atoms with E-state index in [2.05, 4.69) is 17.0 Å². The molecule has 0 bridgehead atoms. The lowest BCUT2D eigenvalue weighted by Crippen LogP contribution is -2.18. The van der Waals surface area contributed by atoms with Gasteiger partial charge in [-0.15, -0.1) is 0 Å². The monoisotopic (exact) mass is 172 g/mol. The molecule has 3 heteroatoms. The first-order chi connectivity index (χ1) is 5.81. The van der Waals surface area contributed by atoms with Crippen LogP contribution in [0.3, 0.4) is 0 Å². The van der Waals surface area contributed by atoms with Gasteiger partial charge in [-0.05, 0) is 6.42 Å². The van der Waals surface area contributed by atoms with Gasteiger partial charge >= 0.3 is 5.97 Å². The molecular formula is C9H18NO2. The molecule has 0 saturated carbocycles. The van der Waals surface area contributed by atoms with Crippen LogP contribution in [0.15, 0.2) is 0 Å². The standard InChI is InChI=1S/C9H18NO2/c1-3-4-5-6-7-10-8-9(11)12-2/h3-8H2,1-2H3. The second-order valence-electron chi connectivity index (χ2n) is 2.74. The minimum Gasteiger partial charge on any atom is -0.468 e. The lowest BCUT2D eigenvalue weighted by Gasteiger charge is -2.00. The molecule has 0 fully saturated rings. The van der Waals surface area contributed by atoms with Crippen LogP contribution in [0.5, 0.6) is 0 Å². The Morgan fingerprint density at radius 2 is 2.08 bits per heavy atom. The Labute approximate surface area is 74.5 Å². The molecule has 0 aliphatic rings. The summed E-state index contributed by atoms with van der Waals surface area (Å²) >= 11 is 0. The molecule has 71 valence electrons. The third-order valence-electron chi connectivity index (χ3n) is 1.64. The molecule has 0 aliphatic carbocycles. The van der Waals surface area contributed by atoms with Crippen LogP contribution >= 0.6 is 0 Å². The Bertz CT molecular complexity index is 115. The maximum atomic E-state index is 10.6. The van der Waals surface area contributed by atoms with E-state index in [0.717, 1.165) is 13.0 Å². The van der Waals surface area contributed by atoms with Crippen molar-refractivity contribution in [3.05, 3.63) is 0 Å². The summed E-state index contributed by atoms with van der Waals surface area (Å²) in [5.41, 5.74) is 0. The Balaban J connectivity index is 2.95. The third-order valence-corrected chi connectivity index (χ3v) is 1.64. The predicted octanol–water partition coefficient (Wildman–Crippen LogP) is 1.34. The van der Waals surface area contributed by atoms with Crippen molar-refractivity contribution in [1.82, 2.24) is 5.32 Å². The van der Waals surface area contributed by atoms with Crippen LogP contribution in [-0.2, 0) is 9.53 Å². The van der Waals surface area contributed by atoms with Gasteiger partial charge in [0.2, 0.25) is 0 Å². The van der Waals surface area contributed by atoms with Crippen molar-refractivity contribution in [1.29, 1.82) is 0 Å². The Morgan fingerprint density at radius 3 is 2.67 bits per heavy atom. The Morgan fingerprint density at radius 1 is 1.33 bits per heavy atom. The second kappa shape index (κ2) is 8.53. The zero-order chi connectivity index (χ0) is 9.23. The van der Waals surface area contributed by atoms with Crippen molar-refractivity contribution in [2.75, 3.05) is 20.2 Å². The minimum atomic E-state index is -0.245. The molecule has 0 saturated heterocycles. The molecule has 1 radical (unpaired) electrons. The molecule has 0 atom stereocenters. The molecular weight excluding hydrogens is 154 g/mol. The van der Waals surface area contributed by atoms with Gasteiger partial charge < -0.3 is 4.74 Å². The van der Waals surface area contributed by atoms with E-state index in [1.54, 1.807) is 0 Å². The molecule has 0 unspecified atom stereocenters. The summed E-state index contributed by atoms with van der Waals surface area (Å²) in [5.74, 6) is -0.245. The van der Waals surface area contributed by atoms with Crippen LogP contribution in [0.25, 0.3) is 0 Å². The number of rotatable bonds is 7. The van der Waals surface area contributed by atoms with Gasteiger partial charge in [0.1, 0.15) is 6.54 Å². The molecule has 0 aromatic rings. The number of nitrogens with zero attached hydrogens (tertiary/aromatic N) is 1. The average Bonchev–Trinajstić information content (AvgIpc) is 2.10. The van der Waals surface area contributed by atoms with Gasteiger partial charge in [-0.3, -0.25) is 4.79 Å². The molecule has 0 amide bonds. The van der Waals surface area contributed by atoms with Crippen LogP contribution in [-0.4, -0.2) is 26.2 Å². The maximum Gasteiger partial charge on any atom is 0.321 e. The fourth-order valence-electron chi connectivity index (χ4n) is 0.885. The summed E-state index contributed by atoms with van der Waals surface area (Å²) in [7, 11) is 1.38. The van der Waals surface area contributed by atoms with E-state index in [1.807, 2.05) is 0 Å². The number of hydrogen-bond donors (Lipinski definition) is 0. The van der Waals surface area contributed by atoms with E-state index < -0.39 is 0 Å². The number of ether oxygens (including phenoxy) is 1. The highest BCUT2D eigenvalue weighted by Crippen LogP contribution is 1.97. The summed E-state index contributed by atoms with van der Waals surface area (Å²) in [6, 6.07) is 0. The summed E-state index contributed by atoms with van der Waals surface area (Å²) < 4.78 is 4.45. The van der Waals surface area contributed by atoms with Crippen molar-refractivity contribution < 1.29 is 9.53 Å². The molecule has 0 aromatic carbocycles. The average molecular weight is 172 g/mol. The first kappa shape index (κ1) is 11.4. The van der Waals surface area contributed by atoms with Crippen LogP contribution in [0, 0.1) is 0 Å². The number of esters is 1. The van der Waals surface area contributed by atoms with Crippen molar-refractivity contribution in [3.63, 3.8) is 0 Å². The smallest absolute Gasteiger partial charge is 0.321 e. The van der Waals surface area contributed by atoms with E-state index in [9.17, 15) is 4.79 Å². The number of unbranched alkanes of at least 4 members (excludes halogenated alkanes) is 3. The zero-order valence-electron chi connectivity index (χ0n) is 8.01. The fraction of sp³-hybridized carbons (Fsp3) is 0.889. The molecule has 0 N–H and O–H groups in total. The van der Waals surface area contributed by atoms with Gasteiger partial charge in [-0.25, -0.2) is 5.32 Å². The summed E-state index contributed by atoms with van der Waals surface area (Å²) in [6.07, 6.45) is 4.79. The molecule has 0 spiro atoms. The van der Waals surface area contributed by atoms with Crippen molar-refractivity contribution in [2.45, 2.75) is 32.6 Å². The number of hydrogen-bond acceptors (Lipinski definition) is 2. The predicted molar refractivity (Wildman–Crippen MR) is 48.0 cm³/mol. The summed E-state index contributed by atoms with van der Waals surface area (Å²) in [6.45, 7) is 3.17. The van der Waals surface area contributed by atoms with Gasteiger partial charge in [0.05, 0.1) is 7.11 Å². The largest absolute Gasteiger partial charge is 0.468 e. The van der Waals surface area contributed by atoms with Crippen LogP contribution in [0.1, 0.15) is 32.6 Å². The SMILES string of the molecule is CCCCCC[N]CC(=O)OC. The normalized spacial score (nSPS) is 9.83. The van der Waals surface area contributed by atoms with Gasteiger partial charge in [0, 0.05) is 6.54 Å². The summed E-state index contributed by atoms with van der Waals surface area (Å²) in [5, 5.41) is 4.04. The zero-order valence-corrected chi connectivity index (χ0v) is 8.01. The highest BCUT2D eigenvalue weighted by atomic mass is 16.5. The first-order valence-electron chi connectivity index (χ1n) is 4.51. The molecule has 12 heavy (non-hydrogen) atoms. The van der Waals surface area contributed by atoms with E-state index in [0.29, 0.717) is 0 Å². The maximum absolute atomic E-state index is 10.6.